The first-order valence-electron chi connectivity index (χ1n) is 7.33. The summed E-state index contributed by atoms with van der Waals surface area (Å²) in [6.07, 6.45) is 1.09. The highest BCUT2D eigenvalue weighted by Crippen LogP contribution is 2.18. The molecule has 6 nitrogen and oxygen atoms in total. The van der Waals surface area contributed by atoms with Crippen LogP contribution in [0.15, 0.2) is 47.1 Å². The predicted octanol–water partition coefficient (Wildman–Crippen LogP) is 2.46. The van der Waals surface area contributed by atoms with Crippen molar-refractivity contribution < 1.29 is 14.3 Å². The molecule has 2 atom stereocenters. The molecule has 0 saturated heterocycles. The van der Waals surface area contributed by atoms with E-state index in [-0.39, 0.29) is 12.1 Å². The number of benzene rings is 1. The van der Waals surface area contributed by atoms with Gasteiger partial charge in [0.1, 0.15) is 11.9 Å². The summed E-state index contributed by atoms with van der Waals surface area (Å²) in [5, 5.41) is 24.3. The third kappa shape index (κ3) is 5.16. The largest absolute Gasteiger partial charge is 0.467 e. The lowest BCUT2D eigenvalue weighted by molar-refractivity contribution is 0.129. The molecular weight excluding hydrogens is 294 g/mol. The van der Waals surface area contributed by atoms with E-state index < -0.39 is 6.10 Å². The summed E-state index contributed by atoms with van der Waals surface area (Å²) in [7, 11) is 0. The van der Waals surface area contributed by atoms with Crippen molar-refractivity contribution in [2.24, 2.45) is 0 Å². The average Bonchev–Trinajstić information content (AvgIpc) is 3.07. The molecule has 2 amide bonds. The Morgan fingerprint density at radius 3 is 2.91 bits per heavy atom. The van der Waals surface area contributed by atoms with Gasteiger partial charge in [0.25, 0.3) is 0 Å². The molecule has 1 aromatic heterocycles. The van der Waals surface area contributed by atoms with E-state index in [1.807, 2.05) is 13.0 Å². The molecule has 2 rings (SSSR count). The molecule has 2 unspecified atom stereocenters. The highest BCUT2D eigenvalue weighted by Gasteiger charge is 2.16. The van der Waals surface area contributed by atoms with Gasteiger partial charge >= 0.3 is 6.03 Å². The molecule has 0 spiro atoms. The molecule has 0 fully saturated rings. The minimum absolute atomic E-state index is 0.222. The van der Waals surface area contributed by atoms with E-state index in [9.17, 15) is 9.90 Å². The summed E-state index contributed by atoms with van der Waals surface area (Å²) in [5.74, 6) is 0.479. The maximum absolute atomic E-state index is 11.9. The van der Waals surface area contributed by atoms with Gasteiger partial charge in [-0.05, 0) is 36.8 Å². The number of furan rings is 1. The number of aliphatic hydroxyl groups is 1. The van der Waals surface area contributed by atoms with Crippen LogP contribution in [0.1, 0.15) is 36.3 Å². The Morgan fingerprint density at radius 2 is 2.22 bits per heavy atom. The van der Waals surface area contributed by atoms with Gasteiger partial charge in [0, 0.05) is 19.0 Å². The zero-order valence-corrected chi connectivity index (χ0v) is 12.8. The van der Waals surface area contributed by atoms with Gasteiger partial charge in [-0.15, -0.1) is 0 Å². The Labute approximate surface area is 134 Å². The molecule has 23 heavy (non-hydrogen) atoms. The van der Waals surface area contributed by atoms with Gasteiger partial charge < -0.3 is 20.2 Å². The maximum atomic E-state index is 11.9. The molecule has 0 saturated carbocycles. The van der Waals surface area contributed by atoms with Crippen LogP contribution < -0.4 is 10.6 Å². The number of nitrogens with zero attached hydrogens (tertiary/aromatic N) is 1. The number of nitrogens with one attached hydrogen (secondary N) is 2. The van der Waals surface area contributed by atoms with Crippen LogP contribution in [-0.2, 0) is 6.54 Å². The highest BCUT2D eigenvalue weighted by molar-refractivity contribution is 5.74. The van der Waals surface area contributed by atoms with Crippen LogP contribution in [0.2, 0.25) is 0 Å². The lowest BCUT2D eigenvalue weighted by Gasteiger charge is -2.17. The number of carbonyl (C=O) groups excluding carboxylic acids is 1. The number of hydrogen-bond acceptors (Lipinski definition) is 4. The summed E-state index contributed by atoms with van der Waals surface area (Å²) in [6.45, 7) is 2.14. The smallest absolute Gasteiger partial charge is 0.315 e. The van der Waals surface area contributed by atoms with Crippen LogP contribution in [0, 0.1) is 11.3 Å². The maximum Gasteiger partial charge on any atom is 0.315 e. The number of nitriles is 1. The SMILES string of the molecule is CC(CC(O)c1ccco1)NC(=O)NCc1cccc(C#N)c1. The first-order valence-corrected chi connectivity index (χ1v) is 7.33. The van der Waals surface area contributed by atoms with Crippen molar-refractivity contribution >= 4 is 6.03 Å². The predicted molar refractivity (Wildman–Crippen MR) is 84.3 cm³/mol. The van der Waals surface area contributed by atoms with Crippen LogP contribution in [0.4, 0.5) is 4.79 Å². The fourth-order valence-corrected chi connectivity index (χ4v) is 2.20. The fraction of sp³-hybridized carbons (Fsp3) is 0.294. The summed E-state index contributed by atoms with van der Waals surface area (Å²) >= 11 is 0. The molecule has 1 aromatic carbocycles. The Bertz CT molecular complexity index is 677. The Kier molecular flexibility index (Phi) is 5.78. The third-order valence-electron chi connectivity index (χ3n) is 3.34. The van der Waals surface area contributed by atoms with E-state index in [4.69, 9.17) is 9.68 Å². The van der Waals surface area contributed by atoms with Crippen LogP contribution in [0.3, 0.4) is 0 Å². The van der Waals surface area contributed by atoms with Crippen molar-refractivity contribution in [3.63, 3.8) is 0 Å². The Morgan fingerprint density at radius 1 is 1.39 bits per heavy atom. The van der Waals surface area contributed by atoms with E-state index >= 15 is 0 Å². The third-order valence-corrected chi connectivity index (χ3v) is 3.34. The minimum atomic E-state index is -0.757. The molecule has 6 heteroatoms. The molecule has 0 radical (unpaired) electrons. The zero-order valence-electron chi connectivity index (χ0n) is 12.8. The molecule has 0 aliphatic heterocycles. The molecular formula is C17H19N3O3. The number of carbonyl (C=O) groups is 1. The van der Waals surface area contributed by atoms with Gasteiger partial charge in [-0.2, -0.15) is 5.26 Å². The fourth-order valence-electron chi connectivity index (χ4n) is 2.20. The van der Waals surface area contributed by atoms with Gasteiger partial charge in [-0.3, -0.25) is 0 Å². The monoisotopic (exact) mass is 313 g/mol. The second-order valence-electron chi connectivity index (χ2n) is 5.31. The summed E-state index contributed by atoms with van der Waals surface area (Å²) in [6, 6.07) is 12.0. The Balaban J connectivity index is 1.76. The summed E-state index contributed by atoms with van der Waals surface area (Å²) < 4.78 is 5.12. The van der Waals surface area contributed by atoms with Gasteiger partial charge in [0.2, 0.25) is 0 Å². The van der Waals surface area contributed by atoms with Crippen LogP contribution >= 0.6 is 0 Å². The van der Waals surface area contributed by atoms with E-state index in [0.717, 1.165) is 5.56 Å². The normalized spacial score (nSPS) is 12.9. The van der Waals surface area contributed by atoms with Gasteiger partial charge in [-0.25, -0.2) is 4.79 Å². The number of rotatable bonds is 6. The number of amides is 2. The van der Waals surface area contributed by atoms with Crippen LogP contribution in [0.25, 0.3) is 0 Å². The number of aliphatic hydroxyl groups excluding tert-OH is 1. The average molecular weight is 313 g/mol. The van der Waals surface area contributed by atoms with Crippen molar-refractivity contribution in [2.45, 2.75) is 32.0 Å². The van der Waals surface area contributed by atoms with E-state index in [2.05, 4.69) is 16.7 Å². The second kappa shape index (κ2) is 8.01. The van der Waals surface area contributed by atoms with Crippen molar-refractivity contribution in [2.75, 3.05) is 0 Å². The topological polar surface area (TPSA) is 98.3 Å². The quantitative estimate of drug-likeness (QED) is 0.763. The van der Waals surface area contributed by atoms with Crippen LogP contribution in [0.5, 0.6) is 0 Å². The Hall–Kier alpha value is -2.78. The van der Waals surface area contributed by atoms with E-state index in [1.54, 1.807) is 30.3 Å². The zero-order chi connectivity index (χ0) is 16.7. The minimum Gasteiger partial charge on any atom is -0.467 e. The van der Waals surface area contributed by atoms with E-state index in [0.29, 0.717) is 24.3 Å². The molecule has 1 heterocycles. The van der Waals surface area contributed by atoms with Crippen molar-refractivity contribution in [1.29, 1.82) is 5.26 Å². The first kappa shape index (κ1) is 16.6. The first-order chi connectivity index (χ1) is 11.1. The molecule has 0 aliphatic rings. The molecule has 120 valence electrons. The molecule has 2 aromatic rings. The van der Waals surface area contributed by atoms with Gasteiger partial charge in [0.05, 0.1) is 17.9 Å². The van der Waals surface area contributed by atoms with Crippen molar-refractivity contribution in [3.8, 4) is 6.07 Å². The van der Waals surface area contributed by atoms with Gasteiger partial charge in [-0.1, -0.05) is 12.1 Å². The van der Waals surface area contributed by atoms with Crippen molar-refractivity contribution in [3.05, 3.63) is 59.5 Å². The molecule has 0 bridgehead atoms. The standard InChI is InChI=1S/C17H19N3O3/c1-12(8-15(21)16-6-3-7-23-16)20-17(22)19-11-14-5-2-4-13(9-14)10-18/h2-7,9,12,15,21H,8,11H2,1H3,(H2,19,20,22). The van der Waals surface area contributed by atoms with E-state index in [1.165, 1.54) is 6.26 Å². The number of hydrogen-bond donors (Lipinski definition) is 3. The number of urea groups is 1. The van der Waals surface area contributed by atoms with Crippen molar-refractivity contribution in [1.82, 2.24) is 10.6 Å². The molecule has 0 aliphatic carbocycles. The highest BCUT2D eigenvalue weighted by atomic mass is 16.4. The second-order valence-corrected chi connectivity index (χ2v) is 5.31. The summed E-state index contributed by atoms with van der Waals surface area (Å²) in [4.78, 5) is 11.9. The lowest BCUT2D eigenvalue weighted by Crippen LogP contribution is -2.41. The van der Waals surface area contributed by atoms with Gasteiger partial charge in [0.15, 0.2) is 0 Å². The molecule has 3 N–H and O–H groups in total. The van der Waals surface area contributed by atoms with Crippen LogP contribution in [-0.4, -0.2) is 17.2 Å². The summed E-state index contributed by atoms with van der Waals surface area (Å²) in [5.41, 5.74) is 1.40. The lowest BCUT2D eigenvalue weighted by atomic mass is 10.1.